The van der Waals surface area contributed by atoms with Gasteiger partial charge in [-0.1, -0.05) is 52.2 Å². The number of allylic oxidation sites excluding steroid dienone is 4. The lowest BCUT2D eigenvalue weighted by molar-refractivity contribution is -0.116. The maximum atomic E-state index is 11.7. The molecule has 0 aromatic rings. The molecule has 1 saturated carbocycles. The zero-order valence-electron chi connectivity index (χ0n) is 17.2. The van der Waals surface area contributed by atoms with E-state index < -0.39 is 0 Å². The molecule has 4 aliphatic carbocycles. The molecule has 0 aliphatic heterocycles. The molecule has 144 valence electrons. The van der Waals surface area contributed by atoms with Gasteiger partial charge in [-0.05, 0) is 72.8 Å². The van der Waals surface area contributed by atoms with E-state index >= 15 is 0 Å². The quantitative estimate of drug-likeness (QED) is 0.507. The van der Waals surface area contributed by atoms with Crippen molar-refractivity contribution in [2.45, 2.75) is 98.3 Å². The number of ketones is 2. The first kappa shape index (κ1) is 19.6. The van der Waals surface area contributed by atoms with E-state index in [0.29, 0.717) is 17.5 Å². The molecule has 0 aromatic heterocycles. The molecule has 0 bridgehead atoms. The van der Waals surface area contributed by atoms with Gasteiger partial charge in [-0.2, -0.15) is 0 Å². The highest BCUT2D eigenvalue weighted by Crippen LogP contribution is 2.48. The van der Waals surface area contributed by atoms with Crippen LogP contribution in [0.4, 0.5) is 0 Å². The van der Waals surface area contributed by atoms with Gasteiger partial charge < -0.3 is 0 Å². The van der Waals surface area contributed by atoms with E-state index in [4.69, 9.17) is 0 Å². The Morgan fingerprint density at radius 1 is 0.846 bits per heavy atom. The van der Waals surface area contributed by atoms with Crippen LogP contribution in [0.2, 0.25) is 0 Å². The van der Waals surface area contributed by atoms with E-state index in [1.165, 1.54) is 56.1 Å². The van der Waals surface area contributed by atoms with Gasteiger partial charge in [0.15, 0.2) is 11.6 Å². The number of Topliss-reactive ketones (excluding diaryl/α,β-unsaturated/α-hetero) is 2. The number of hydrogen-bond acceptors (Lipinski definition) is 2. The Morgan fingerprint density at radius 2 is 1.58 bits per heavy atom. The second-order valence-electron chi connectivity index (χ2n) is 10.1. The lowest BCUT2D eigenvalue weighted by Gasteiger charge is -2.25. The van der Waals surface area contributed by atoms with Gasteiger partial charge in [0, 0.05) is 12.8 Å². The SMILES string of the molecule is CC1(C)CC(=O)C2=C1CCCCC2.CC1(C)CC(=O)C2=CCCCCC21. The topological polar surface area (TPSA) is 34.1 Å². The Balaban J connectivity index is 0.000000151. The second-order valence-corrected chi connectivity index (χ2v) is 10.1. The van der Waals surface area contributed by atoms with Crippen LogP contribution in [0, 0.1) is 16.7 Å². The van der Waals surface area contributed by atoms with Crippen molar-refractivity contribution in [3.05, 3.63) is 22.8 Å². The van der Waals surface area contributed by atoms with Crippen LogP contribution in [0.3, 0.4) is 0 Å². The molecule has 0 heterocycles. The minimum atomic E-state index is 0.177. The molecule has 1 fully saturated rings. The summed E-state index contributed by atoms with van der Waals surface area (Å²) in [6.45, 7) is 8.92. The normalized spacial score (nSPS) is 29.8. The highest BCUT2D eigenvalue weighted by atomic mass is 16.1. The molecule has 0 radical (unpaired) electrons. The highest BCUT2D eigenvalue weighted by molar-refractivity contribution is 6.00. The van der Waals surface area contributed by atoms with Gasteiger partial charge in [-0.3, -0.25) is 9.59 Å². The Bertz CT molecular complexity index is 643. The summed E-state index contributed by atoms with van der Waals surface area (Å²) in [6, 6.07) is 0. The number of carbonyl (C=O) groups is 2. The van der Waals surface area contributed by atoms with E-state index in [2.05, 4.69) is 33.8 Å². The van der Waals surface area contributed by atoms with E-state index in [-0.39, 0.29) is 10.8 Å². The van der Waals surface area contributed by atoms with E-state index in [1.54, 1.807) is 0 Å². The van der Waals surface area contributed by atoms with Crippen molar-refractivity contribution in [1.82, 2.24) is 0 Å². The summed E-state index contributed by atoms with van der Waals surface area (Å²) in [5.41, 5.74) is 4.24. The molecule has 26 heavy (non-hydrogen) atoms. The van der Waals surface area contributed by atoms with Crippen LogP contribution < -0.4 is 0 Å². The van der Waals surface area contributed by atoms with Crippen LogP contribution in [0.1, 0.15) is 98.3 Å². The molecule has 4 rings (SSSR count). The van der Waals surface area contributed by atoms with Crippen LogP contribution >= 0.6 is 0 Å². The minimum absolute atomic E-state index is 0.177. The largest absolute Gasteiger partial charge is 0.295 e. The summed E-state index contributed by atoms with van der Waals surface area (Å²) in [6.07, 6.45) is 14.7. The summed E-state index contributed by atoms with van der Waals surface area (Å²) in [5.74, 6) is 1.40. The summed E-state index contributed by atoms with van der Waals surface area (Å²) >= 11 is 0. The average Bonchev–Trinajstić information content (AvgIpc) is 2.86. The first-order valence-electron chi connectivity index (χ1n) is 10.7. The molecule has 1 atom stereocenters. The van der Waals surface area contributed by atoms with Gasteiger partial charge in [0.25, 0.3) is 0 Å². The van der Waals surface area contributed by atoms with Crippen molar-refractivity contribution >= 4 is 11.6 Å². The van der Waals surface area contributed by atoms with Crippen LogP contribution in [-0.2, 0) is 9.59 Å². The Morgan fingerprint density at radius 3 is 2.35 bits per heavy atom. The predicted molar refractivity (Wildman–Crippen MR) is 107 cm³/mol. The molecule has 1 unspecified atom stereocenters. The summed E-state index contributed by atoms with van der Waals surface area (Å²) in [7, 11) is 0. The molecule has 0 N–H and O–H groups in total. The molecule has 0 spiro atoms. The van der Waals surface area contributed by atoms with Gasteiger partial charge in [-0.25, -0.2) is 0 Å². The Labute approximate surface area is 159 Å². The van der Waals surface area contributed by atoms with E-state index in [9.17, 15) is 9.59 Å². The maximum Gasteiger partial charge on any atom is 0.159 e. The molecule has 2 heteroatoms. The van der Waals surface area contributed by atoms with E-state index in [0.717, 1.165) is 31.3 Å². The van der Waals surface area contributed by atoms with Crippen LogP contribution in [0.25, 0.3) is 0 Å². The first-order valence-corrected chi connectivity index (χ1v) is 10.7. The van der Waals surface area contributed by atoms with Crippen molar-refractivity contribution < 1.29 is 9.59 Å². The Kier molecular flexibility index (Phi) is 5.61. The fraction of sp³-hybridized carbons (Fsp3) is 0.750. The molecule has 0 saturated heterocycles. The van der Waals surface area contributed by atoms with Crippen LogP contribution in [0.15, 0.2) is 22.8 Å². The maximum absolute atomic E-state index is 11.7. The molecule has 0 amide bonds. The van der Waals surface area contributed by atoms with Gasteiger partial charge in [0.2, 0.25) is 0 Å². The minimum Gasteiger partial charge on any atom is -0.295 e. The van der Waals surface area contributed by atoms with Gasteiger partial charge in [-0.15, -0.1) is 0 Å². The van der Waals surface area contributed by atoms with Crippen molar-refractivity contribution in [1.29, 1.82) is 0 Å². The average molecular weight is 357 g/mol. The van der Waals surface area contributed by atoms with E-state index in [1.807, 2.05) is 0 Å². The highest BCUT2D eigenvalue weighted by Gasteiger charge is 2.43. The lowest BCUT2D eigenvalue weighted by atomic mass is 9.78. The molecule has 0 aromatic carbocycles. The van der Waals surface area contributed by atoms with Gasteiger partial charge in [0.1, 0.15) is 0 Å². The van der Waals surface area contributed by atoms with Gasteiger partial charge in [0.05, 0.1) is 0 Å². The van der Waals surface area contributed by atoms with Crippen LogP contribution in [0.5, 0.6) is 0 Å². The fourth-order valence-corrected chi connectivity index (χ4v) is 5.56. The monoisotopic (exact) mass is 356 g/mol. The summed E-state index contributed by atoms with van der Waals surface area (Å²) in [4.78, 5) is 23.4. The molecular formula is C24H36O2. The zero-order valence-corrected chi connectivity index (χ0v) is 17.2. The van der Waals surface area contributed by atoms with Crippen molar-refractivity contribution in [2.75, 3.05) is 0 Å². The Hall–Kier alpha value is -1.18. The number of hydrogen-bond donors (Lipinski definition) is 0. The van der Waals surface area contributed by atoms with Crippen molar-refractivity contribution in [3.8, 4) is 0 Å². The van der Waals surface area contributed by atoms with Crippen molar-refractivity contribution in [2.24, 2.45) is 16.7 Å². The first-order chi connectivity index (χ1) is 12.2. The number of carbonyl (C=O) groups excluding carboxylic acids is 2. The van der Waals surface area contributed by atoms with Crippen molar-refractivity contribution in [3.63, 3.8) is 0 Å². The van der Waals surface area contributed by atoms with Gasteiger partial charge >= 0.3 is 0 Å². The summed E-state index contributed by atoms with van der Waals surface area (Å²) in [5, 5.41) is 0. The fourth-order valence-electron chi connectivity index (χ4n) is 5.56. The predicted octanol–water partition coefficient (Wildman–Crippen LogP) is 6.35. The third-order valence-corrected chi connectivity index (χ3v) is 7.04. The third-order valence-electron chi connectivity index (χ3n) is 7.04. The molecule has 4 aliphatic rings. The standard InChI is InChI=1S/2C12H18O/c2*1-12(2)8-11(13)9-6-4-3-5-7-10(9)12/h3-8H2,1-2H3;6,10H,3-5,7-8H2,1-2H3. The molecule has 2 nitrogen and oxygen atoms in total. The smallest absolute Gasteiger partial charge is 0.159 e. The number of rotatable bonds is 0. The third kappa shape index (κ3) is 3.89. The molecular weight excluding hydrogens is 320 g/mol. The van der Waals surface area contributed by atoms with Crippen LogP contribution in [-0.4, -0.2) is 11.6 Å². The second kappa shape index (κ2) is 7.44. The zero-order chi connectivity index (χ0) is 18.9. The summed E-state index contributed by atoms with van der Waals surface area (Å²) < 4.78 is 0. The lowest BCUT2D eigenvalue weighted by Crippen LogP contribution is -2.17. The number of fused-ring (bicyclic) bond motifs is 1.